The maximum atomic E-state index is 13.3. The van der Waals surface area contributed by atoms with Crippen LogP contribution in [0.4, 0.5) is 0 Å². The number of carbonyl (C=O) groups is 12. The van der Waals surface area contributed by atoms with Crippen LogP contribution in [-0.2, 0) is 47.8 Å². The molecule has 0 saturated heterocycles. The second kappa shape index (κ2) is 19.2. The van der Waals surface area contributed by atoms with E-state index >= 15 is 0 Å². The van der Waals surface area contributed by atoms with E-state index in [1.807, 2.05) is 10.6 Å². The van der Waals surface area contributed by atoms with Gasteiger partial charge in [0.05, 0.1) is 24.0 Å². The van der Waals surface area contributed by atoms with Crippen LogP contribution >= 0.6 is 0 Å². The highest BCUT2D eigenvalue weighted by molar-refractivity contribution is 6.15. The highest BCUT2D eigenvalue weighted by Gasteiger charge is 2.33. The lowest BCUT2D eigenvalue weighted by Crippen LogP contribution is -2.54. The van der Waals surface area contributed by atoms with Crippen molar-refractivity contribution in [2.24, 2.45) is 0 Å². The van der Waals surface area contributed by atoms with Gasteiger partial charge in [-0.25, -0.2) is 9.59 Å². The van der Waals surface area contributed by atoms with E-state index in [0.29, 0.717) is 0 Å². The molecule has 0 aliphatic carbocycles. The molecule has 22 heteroatoms. The summed E-state index contributed by atoms with van der Waals surface area (Å²) in [7, 11) is 0. The molecule has 0 saturated carbocycles. The van der Waals surface area contributed by atoms with Crippen LogP contribution in [0.1, 0.15) is 68.1 Å². The third-order valence-electron chi connectivity index (χ3n) is 6.30. The highest BCUT2D eigenvalue weighted by atomic mass is 16.5. The van der Waals surface area contributed by atoms with Gasteiger partial charge in [0, 0.05) is 11.1 Å². The van der Waals surface area contributed by atoms with Crippen LogP contribution in [0, 0.1) is 0 Å². The van der Waals surface area contributed by atoms with Gasteiger partial charge in [-0.2, -0.15) is 0 Å². The van der Waals surface area contributed by atoms with Crippen LogP contribution in [0.2, 0.25) is 0 Å². The van der Waals surface area contributed by atoms with Gasteiger partial charge in [0.2, 0.25) is 11.8 Å². The van der Waals surface area contributed by atoms with Crippen molar-refractivity contribution in [2.45, 2.75) is 50.9 Å². The number of rotatable bonds is 22. The van der Waals surface area contributed by atoms with Crippen molar-refractivity contribution in [1.82, 2.24) is 21.3 Å². The van der Waals surface area contributed by atoms with Crippen LogP contribution in [0.25, 0.3) is 0 Å². The van der Waals surface area contributed by atoms with Crippen molar-refractivity contribution in [2.75, 3.05) is 13.2 Å². The molecule has 8 N–H and O–H groups in total. The number of hydrogen-bond acceptors (Lipinski definition) is 14. The number of carboxylic acids is 4. The molecule has 0 bridgehead atoms. The third-order valence-corrected chi connectivity index (χ3v) is 6.30. The number of ketones is 2. The molecular formula is C28H30N4O18. The molecule has 1 aromatic rings. The van der Waals surface area contributed by atoms with Crippen LogP contribution in [0.5, 0.6) is 0 Å². The molecule has 50 heavy (non-hydrogen) atoms. The summed E-state index contributed by atoms with van der Waals surface area (Å²) in [5.74, 6) is -14.0. The molecule has 22 nitrogen and oxygen atoms in total. The maximum absolute atomic E-state index is 13.3. The molecule has 1 aromatic carbocycles. The molecule has 4 amide bonds. The lowest BCUT2D eigenvalue weighted by atomic mass is 9.93. The second-order valence-corrected chi connectivity index (χ2v) is 9.96. The average molecular weight is 711 g/mol. The lowest BCUT2D eigenvalue weighted by Gasteiger charge is -2.22. The zero-order valence-electron chi connectivity index (χ0n) is 26.0. The molecule has 2 unspecified atom stereocenters. The number of hydrogen-bond donors (Lipinski definition) is 8. The number of carboxylic acid groups (broad SMARTS) is 4. The van der Waals surface area contributed by atoms with Crippen molar-refractivity contribution in [1.29, 1.82) is 0 Å². The van der Waals surface area contributed by atoms with E-state index in [0.717, 1.165) is 26.0 Å². The SMILES string of the molecule is CC(=O)c1cc(C(=O)NC(CC(=O)O)C(=O)N[C@H](CC(=O)O)C(=O)O)c(C(C)=O)cc1C(=O)NC(COC=O)C(=O)N[C@H](COC=O)C(=O)O. The van der Waals surface area contributed by atoms with E-state index in [2.05, 4.69) is 14.8 Å². The van der Waals surface area contributed by atoms with E-state index in [1.54, 1.807) is 5.32 Å². The number of carbonyl (C=O) groups excluding carboxylic acids is 8. The topological polar surface area (TPSA) is 352 Å². The Kier molecular flexibility index (Phi) is 15.8. The van der Waals surface area contributed by atoms with Crippen molar-refractivity contribution in [3.05, 3.63) is 34.4 Å². The van der Waals surface area contributed by atoms with Crippen LogP contribution in [0.15, 0.2) is 12.1 Å². The Bertz CT molecular complexity index is 1590. The monoisotopic (exact) mass is 710 g/mol. The van der Waals surface area contributed by atoms with Crippen LogP contribution in [0.3, 0.4) is 0 Å². The summed E-state index contributed by atoms with van der Waals surface area (Å²) in [4.78, 5) is 144. The van der Waals surface area contributed by atoms with Gasteiger partial charge in [0.1, 0.15) is 31.3 Å². The summed E-state index contributed by atoms with van der Waals surface area (Å²) in [5.41, 5.74) is -2.49. The molecule has 0 radical (unpaired) electrons. The van der Waals surface area contributed by atoms with Gasteiger partial charge in [-0.3, -0.25) is 47.9 Å². The van der Waals surface area contributed by atoms with E-state index in [-0.39, 0.29) is 12.9 Å². The van der Waals surface area contributed by atoms with Gasteiger partial charge in [0.25, 0.3) is 24.8 Å². The van der Waals surface area contributed by atoms with E-state index in [4.69, 9.17) is 5.11 Å². The molecule has 0 heterocycles. The Morgan fingerprint density at radius 2 is 0.920 bits per heavy atom. The van der Waals surface area contributed by atoms with Gasteiger partial charge < -0.3 is 51.2 Å². The largest absolute Gasteiger partial charge is 0.481 e. The summed E-state index contributed by atoms with van der Waals surface area (Å²) < 4.78 is 8.83. The van der Waals surface area contributed by atoms with Gasteiger partial charge in [-0.1, -0.05) is 0 Å². The Morgan fingerprint density at radius 3 is 1.30 bits per heavy atom. The summed E-state index contributed by atoms with van der Waals surface area (Å²) in [5, 5.41) is 44.3. The first kappa shape index (κ1) is 41.3. The fourth-order valence-corrected chi connectivity index (χ4v) is 3.96. The molecule has 4 atom stereocenters. The van der Waals surface area contributed by atoms with Crippen molar-refractivity contribution < 1.29 is 87.4 Å². The Hall–Kier alpha value is -6.74. The smallest absolute Gasteiger partial charge is 0.329 e. The predicted molar refractivity (Wildman–Crippen MR) is 157 cm³/mol. The Balaban J connectivity index is 3.57. The predicted octanol–water partition coefficient (Wildman–Crippen LogP) is -3.28. The fraction of sp³-hybridized carbons (Fsp3) is 0.357. The number of nitrogens with one attached hydrogen (secondary N) is 4. The van der Waals surface area contributed by atoms with Crippen LogP contribution in [-0.4, -0.2) is 130 Å². The lowest BCUT2D eigenvalue weighted by molar-refractivity contribution is -0.147. The quantitative estimate of drug-likeness (QED) is 0.0432. The standard InChI is InChI=1S/C28H30N4O18/c1-11(35)13-4-16(24(42)31-19(7-49-9-33)26(44)32-20(28(47)48)8-50-10-34)14(12(2)36)3-15(13)23(41)29-17(5-21(37)38)25(43)30-18(27(45)46)6-22(39)40/h3-4,9-10,17-20H,5-8H2,1-2H3,(H,29,41)(H,30,43)(H,31,42)(H,32,44)(H,37,38)(H,39,40)(H,45,46)(H,47,48)/t17?,18-,19?,20-/m1/s1. The number of benzene rings is 1. The summed E-state index contributed by atoms with van der Waals surface area (Å²) in [6.45, 7) is -0.120. The summed E-state index contributed by atoms with van der Waals surface area (Å²) in [6, 6.07) is -6.31. The summed E-state index contributed by atoms with van der Waals surface area (Å²) in [6.07, 6.45) is -2.28. The minimum atomic E-state index is -2.05. The molecule has 270 valence electrons. The van der Waals surface area contributed by atoms with Crippen LogP contribution < -0.4 is 21.3 Å². The normalized spacial score (nSPS) is 12.7. The van der Waals surface area contributed by atoms with E-state index in [1.165, 1.54) is 0 Å². The zero-order chi connectivity index (χ0) is 38.3. The zero-order valence-corrected chi connectivity index (χ0v) is 26.0. The molecule has 0 aliphatic heterocycles. The first-order valence-electron chi connectivity index (χ1n) is 13.8. The number of aliphatic carboxylic acids is 4. The second-order valence-electron chi connectivity index (χ2n) is 9.96. The minimum absolute atomic E-state index is 0.102. The minimum Gasteiger partial charge on any atom is -0.481 e. The molecule has 0 spiro atoms. The first-order chi connectivity index (χ1) is 23.3. The number of amides is 4. The van der Waals surface area contributed by atoms with Gasteiger partial charge in [0.15, 0.2) is 17.6 Å². The highest BCUT2D eigenvalue weighted by Crippen LogP contribution is 2.20. The molecule has 0 fully saturated rings. The summed E-state index contributed by atoms with van der Waals surface area (Å²) >= 11 is 0. The average Bonchev–Trinajstić information content (AvgIpc) is 3.02. The first-order valence-corrected chi connectivity index (χ1v) is 13.8. The van der Waals surface area contributed by atoms with E-state index in [9.17, 15) is 72.9 Å². The molecule has 0 aliphatic rings. The van der Waals surface area contributed by atoms with Gasteiger partial charge in [-0.05, 0) is 26.0 Å². The molecular weight excluding hydrogens is 680 g/mol. The Morgan fingerprint density at radius 1 is 0.560 bits per heavy atom. The van der Waals surface area contributed by atoms with Crippen molar-refractivity contribution in [3.8, 4) is 0 Å². The third kappa shape index (κ3) is 12.5. The number of ether oxygens (including phenoxy) is 2. The number of Topliss-reactive ketones (excluding diaryl/α,β-unsaturated/α-hetero) is 2. The maximum Gasteiger partial charge on any atom is 0.329 e. The molecule has 1 rings (SSSR count). The van der Waals surface area contributed by atoms with E-state index < -0.39 is 132 Å². The van der Waals surface area contributed by atoms with Gasteiger partial charge >= 0.3 is 23.9 Å². The van der Waals surface area contributed by atoms with Crippen molar-refractivity contribution >= 4 is 72.0 Å². The molecule has 0 aromatic heterocycles. The van der Waals surface area contributed by atoms with Gasteiger partial charge in [-0.15, -0.1) is 0 Å². The Labute approximate surface area is 279 Å². The van der Waals surface area contributed by atoms with Crippen molar-refractivity contribution in [3.63, 3.8) is 0 Å². The fourth-order valence-electron chi connectivity index (χ4n) is 3.96.